The number of thiophene rings is 1. The summed E-state index contributed by atoms with van der Waals surface area (Å²) in [4.78, 5) is 27.6. The second-order valence-electron chi connectivity index (χ2n) is 8.28. The number of aromatic amines is 1. The first-order valence-electron chi connectivity index (χ1n) is 9.42. The topological polar surface area (TPSA) is 66.9 Å². The van der Waals surface area contributed by atoms with E-state index in [4.69, 9.17) is 0 Å². The molecule has 28 heavy (non-hydrogen) atoms. The second-order valence-corrected chi connectivity index (χ2v) is 9.26. The average Bonchev–Trinajstić information content (AvgIpc) is 3.28. The van der Waals surface area contributed by atoms with Gasteiger partial charge in [-0.1, -0.05) is 38.1 Å². The molecule has 1 atom stereocenters. The van der Waals surface area contributed by atoms with Crippen molar-refractivity contribution in [1.82, 2.24) is 9.78 Å². The van der Waals surface area contributed by atoms with Crippen molar-refractivity contribution in [2.45, 2.75) is 32.6 Å². The van der Waals surface area contributed by atoms with Gasteiger partial charge in [-0.3, -0.25) is 14.7 Å². The predicted octanol–water partition coefficient (Wildman–Crippen LogP) is 4.43. The van der Waals surface area contributed by atoms with Gasteiger partial charge in [-0.2, -0.15) is 0 Å². The number of nitrogens with one attached hydrogen (secondary N) is 2. The van der Waals surface area contributed by atoms with Crippen molar-refractivity contribution >= 4 is 22.9 Å². The lowest BCUT2D eigenvalue weighted by molar-refractivity contribution is -0.118. The highest BCUT2D eigenvalue weighted by Gasteiger charge is 2.43. The molecule has 142 valence electrons. The smallest absolute Gasteiger partial charge is 0.277 e. The average molecular weight is 391 g/mol. The Labute approximate surface area is 166 Å². The molecule has 3 aromatic rings. The summed E-state index contributed by atoms with van der Waals surface area (Å²) in [5.74, 6) is 0.509. The van der Waals surface area contributed by atoms with Crippen LogP contribution in [0.3, 0.4) is 0 Å². The molecular weight excluding hydrogens is 370 g/mol. The number of allylic oxidation sites excluding steroid dienone is 2. The minimum atomic E-state index is -0.316. The lowest BCUT2D eigenvalue weighted by Gasteiger charge is -2.37. The van der Waals surface area contributed by atoms with Gasteiger partial charge < -0.3 is 5.32 Å². The monoisotopic (exact) mass is 391 g/mol. The van der Waals surface area contributed by atoms with Gasteiger partial charge in [-0.25, -0.2) is 4.68 Å². The van der Waals surface area contributed by atoms with Gasteiger partial charge in [0.2, 0.25) is 0 Å². The second kappa shape index (κ2) is 6.07. The van der Waals surface area contributed by atoms with Crippen LogP contribution in [0.4, 0.5) is 5.82 Å². The van der Waals surface area contributed by atoms with Gasteiger partial charge in [-0.15, -0.1) is 11.3 Å². The van der Waals surface area contributed by atoms with Crippen molar-refractivity contribution in [2.75, 3.05) is 5.32 Å². The molecule has 0 saturated carbocycles. The molecule has 0 amide bonds. The number of carbonyl (C=O) groups excluding carboxylic acids is 1. The number of ketones is 1. The third-order valence-corrected chi connectivity index (χ3v) is 6.48. The van der Waals surface area contributed by atoms with Gasteiger partial charge in [0.1, 0.15) is 5.82 Å². The molecule has 0 unspecified atom stereocenters. The Morgan fingerprint density at radius 1 is 1.07 bits per heavy atom. The van der Waals surface area contributed by atoms with Gasteiger partial charge in [0.15, 0.2) is 5.78 Å². The Morgan fingerprint density at radius 3 is 2.57 bits per heavy atom. The standard InChI is InChI=1S/C22H21N3O2S/c1-22(2)11-14-17(15(26)12-22)18(16-9-6-10-28-16)19-20(23-14)24-25(21(19)27)13-7-4-3-5-8-13/h3-10,18,23-24H,11-12H2,1-2H3/t18-/m0/s1. The first-order chi connectivity index (χ1) is 13.4. The summed E-state index contributed by atoms with van der Waals surface area (Å²) in [5.41, 5.74) is 2.88. The van der Waals surface area contributed by atoms with Crippen molar-refractivity contribution in [1.29, 1.82) is 0 Å². The molecule has 3 heterocycles. The van der Waals surface area contributed by atoms with Crippen LogP contribution < -0.4 is 10.9 Å². The number of benzene rings is 1. The van der Waals surface area contributed by atoms with Crippen molar-refractivity contribution in [3.63, 3.8) is 0 Å². The Hall–Kier alpha value is -2.86. The maximum Gasteiger partial charge on any atom is 0.277 e. The van der Waals surface area contributed by atoms with Crippen LogP contribution in [0, 0.1) is 5.41 Å². The number of aromatic nitrogens is 2. The molecule has 6 heteroatoms. The van der Waals surface area contributed by atoms with E-state index in [9.17, 15) is 9.59 Å². The summed E-state index contributed by atoms with van der Waals surface area (Å²) in [6.45, 7) is 4.23. The van der Waals surface area contributed by atoms with Gasteiger partial charge in [-0.05, 0) is 35.4 Å². The SMILES string of the molecule is CC1(C)CC(=O)C2=C(C1)Nc1[nH]n(-c3ccccc3)c(=O)c1[C@H]2c1cccs1. The number of rotatable bonds is 2. The van der Waals surface area contributed by atoms with Crippen LogP contribution in [-0.4, -0.2) is 15.6 Å². The summed E-state index contributed by atoms with van der Waals surface area (Å²) in [5, 5.41) is 8.63. The fourth-order valence-corrected chi connectivity index (χ4v) is 5.23. The zero-order valence-electron chi connectivity index (χ0n) is 15.8. The van der Waals surface area contributed by atoms with E-state index in [1.54, 1.807) is 16.0 Å². The van der Waals surface area contributed by atoms with E-state index in [2.05, 4.69) is 24.3 Å². The van der Waals surface area contributed by atoms with E-state index in [-0.39, 0.29) is 22.7 Å². The molecule has 1 aromatic carbocycles. The first-order valence-corrected chi connectivity index (χ1v) is 10.3. The highest BCUT2D eigenvalue weighted by Crippen LogP contribution is 2.48. The predicted molar refractivity (Wildman–Crippen MR) is 111 cm³/mol. The maximum atomic E-state index is 13.4. The Bertz CT molecular complexity index is 1150. The highest BCUT2D eigenvalue weighted by atomic mass is 32.1. The van der Waals surface area contributed by atoms with Gasteiger partial charge in [0.05, 0.1) is 17.2 Å². The van der Waals surface area contributed by atoms with Crippen LogP contribution in [-0.2, 0) is 4.79 Å². The molecule has 2 aliphatic rings. The van der Waals surface area contributed by atoms with Crippen molar-refractivity contribution in [2.24, 2.45) is 5.41 Å². The third-order valence-electron chi connectivity index (χ3n) is 5.54. The summed E-state index contributed by atoms with van der Waals surface area (Å²) in [6, 6.07) is 13.5. The molecule has 1 aliphatic heterocycles. The number of nitrogens with zero attached hydrogens (tertiary/aromatic N) is 1. The number of hydrogen-bond acceptors (Lipinski definition) is 4. The number of H-pyrrole nitrogens is 1. The number of carbonyl (C=O) groups is 1. The fraction of sp³-hybridized carbons (Fsp3) is 0.273. The number of fused-ring (bicyclic) bond motifs is 1. The molecule has 1 aliphatic carbocycles. The Morgan fingerprint density at radius 2 is 1.86 bits per heavy atom. The number of para-hydroxylation sites is 1. The molecule has 2 aromatic heterocycles. The molecule has 0 radical (unpaired) electrons. The summed E-state index contributed by atoms with van der Waals surface area (Å²) >= 11 is 1.59. The van der Waals surface area contributed by atoms with Gasteiger partial charge in [0, 0.05) is 22.6 Å². The van der Waals surface area contributed by atoms with Gasteiger partial charge in [0.25, 0.3) is 5.56 Å². The van der Waals surface area contributed by atoms with E-state index < -0.39 is 0 Å². The molecule has 2 N–H and O–H groups in total. The van der Waals surface area contributed by atoms with E-state index in [0.717, 1.165) is 28.3 Å². The highest BCUT2D eigenvalue weighted by molar-refractivity contribution is 7.10. The van der Waals surface area contributed by atoms with Crippen molar-refractivity contribution in [3.8, 4) is 5.69 Å². The van der Waals surface area contributed by atoms with Crippen molar-refractivity contribution < 1.29 is 4.79 Å². The Kier molecular flexibility index (Phi) is 3.74. The number of Topliss-reactive ketones (excluding diaryl/α,β-unsaturated/α-hetero) is 1. The number of hydrogen-bond donors (Lipinski definition) is 2. The quantitative estimate of drug-likeness (QED) is 0.679. The first kappa shape index (κ1) is 17.3. The van der Waals surface area contributed by atoms with E-state index >= 15 is 0 Å². The van der Waals surface area contributed by atoms with Crippen LogP contribution in [0.5, 0.6) is 0 Å². The summed E-state index contributed by atoms with van der Waals surface area (Å²) in [7, 11) is 0. The normalized spacial score (nSPS) is 20.5. The van der Waals surface area contributed by atoms with Crippen LogP contribution in [0.1, 0.15) is 43.0 Å². The van der Waals surface area contributed by atoms with E-state index in [1.807, 2.05) is 47.8 Å². The van der Waals surface area contributed by atoms with Crippen LogP contribution in [0.25, 0.3) is 5.69 Å². The molecule has 0 bridgehead atoms. The van der Waals surface area contributed by atoms with Crippen LogP contribution in [0.15, 0.2) is 63.9 Å². The van der Waals surface area contributed by atoms with Crippen LogP contribution >= 0.6 is 11.3 Å². The van der Waals surface area contributed by atoms with E-state index in [0.29, 0.717) is 17.8 Å². The maximum absolute atomic E-state index is 13.4. The zero-order valence-corrected chi connectivity index (χ0v) is 16.6. The molecule has 5 rings (SSSR count). The lowest BCUT2D eigenvalue weighted by Crippen LogP contribution is -2.35. The minimum Gasteiger partial charge on any atom is -0.343 e. The molecule has 0 saturated heterocycles. The van der Waals surface area contributed by atoms with Gasteiger partial charge >= 0.3 is 0 Å². The zero-order chi connectivity index (χ0) is 19.5. The lowest BCUT2D eigenvalue weighted by atomic mass is 9.70. The van der Waals surface area contributed by atoms with Crippen LogP contribution in [0.2, 0.25) is 0 Å². The summed E-state index contributed by atoms with van der Waals surface area (Å²) < 4.78 is 1.56. The van der Waals surface area contributed by atoms with E-state index in [1.165, 1.54) is 0 Å². The molecule has 0 spiro atoms. The largest absolute Gasteiger partial charge is 0.343 e. The summed E-state index contributed by atoms with van der Waals surface area (Å²) in [6.07, 6.45) is 1.29. The number of anilines is 1. The third kappa shape index (κ3) is 2.59. The molecule has 5 nitrogen and oxygen atoms in total. The minimum absolute atomic E-state index is 0.0945. The molecular formula is C22H21N3O2S. The Balaban J connectivity index is 1.74. The molecule has 0 fully saturated rings. The fourth-order valence-electron chi connectivity index (χ4n) is 4.39. The van der Waals surface area contributed by atoms with Crippen molar-refractivity contribution in [3.05, 3.63) is 79.9 Å².